The van der Waals surface area contributed by atoms with E-state index in [1.54, 1.807) is 0 Å². The molecule has 6 bridgehead atoms. The molecule has 0 aromatic carbocycles. The molecule has 27 heavy (non-hydrogen) atoms. The van der Waals surface area contributed by atoms with Crippen molar-refractivity contribution < 1.29 is 4.43 Å². The first-order valence-corrected chi connectivity index (χ1v) is 21.0. The lowest BCUT2D eigenvalue weighted by molar-refractivity contribution is 0.0954. The summed E-state index contributed by atoms with van der Waals surface area (Å²) < 4.78 is 7.30. The zero-order valence-corrected chi connectivity index (χ0v) is 22.6. The van der Waals surface area contributed by atoms with Crippen LogP contribution in [0.5, 0.6) is 0 Å². The first kappa shape index (κ1) is 20.4. The molecular formula is C23H42OSi3. The van der Waals surface area contributed by atoms with Crippen LogP contribution in [0.15, 0.2) is 23.4 Å². The molecule has 2 fully saturated rings. The van der Waals surface area contributed by atoms with Crippen molar-refractivity contribution >= 4 is 24.5 Å². The van der Waals surface area contributed by atoms with Gasteiger partial charge in [0.2, 0.25) is 0 Å². The molecule has 0 N–H and O–H groups in total. The highest BCUT2D eigenvalue weighted by atomic mass is 28.4. The third-order valence-electron chi connectivity index (χ3n) is 9.11. The van der Waals surface area contributed by atoms with Gasteiger partial charge in [-0.05, 0) is 40.9 Å². The van der Waals surface area contributed by atoms with Crippen LogP contribution < -0.4 is 0 Å². The van der Waals surface area contributed by atoms with Crippen LogP contribution in [-0.2, 0) is 4.43 Å². The molecule has 0 aliphatic heterocycles. The van der Waals surface area contributed by atoms with Gasteiger partial charge in [0, 0.05) is 11.8 Å². The van der Waals surface area contributed by atoms with Crippen molar-refractivity contribution in [3.63, 3.8) is 0 Å². The van der Waals surface area contributed by atoms with Crippen LogP contribution >= 0.6 is 0 Å². The minimum absolute atomic E-state index is 0.294. The van der Waals surface area contributed by atoms with E-state index < -0.39 is 24.5 Å². The van der Waals surface area contributed by atoms with E-state index in [1.807, 2.05) is 5.20 Å². The summed E-state index contributed by atoms with van der Waals surface area (Å²) in [5.41, 5.74) is 0. The highest BCUT2D eigenvalue weighted by Gasteiger charge is 2.83. The van der Waals surface area contributed by atoms with Crippen LogP contribution in [0.25, 0.3) is 0 Å². The van der Waals surface area contributed by atoms with Gasteiger partial charge in [-0.15, -0.1) is 0 Å². The van der Waals surface area contributed by atoms with Crippen LogP contribution in [0, 0.1) is 29.6 Å². The number of allylic oxidation sites excluding steroid dienone is 4. The minimum atomic E-state index is -1.76. The summed E-state index contributed by atoms with van der Waals surface area (Å²) in [5.74, 6) is 3.78. The molecule has 2 saturated carbocycles. The molecule has 0 saturated heterocycles. The fourth-order valence-corrected chi connectivity index (χ4v) is 14.3. The highest BCUT2D eigenvalue weighted by molar-refractivity contribution is 6.84. The van der Waals surface area contributed by atoms with Crippen molar-refractivity contribution in [2.45, 2.75) is 89.3 Å². The molecule has 0 spiro atoms. The first-order valence-electron chi connectivity index (χ1n) is 11.1. The SMILES string of the molecule is CC(C)(C)[Si](C)(C)O[C@@H]1C2C3C=CC4C1C4([Si](C)(C)C)C2C([Si](C)(C)C)=C3. The zero-order valence-electron chi connectivity index (χ0n) is 19.6. The largest absolute Gasteiger partial charge is 0.413 e. The van der Waals surface area contributed by atoms with E-state index in [9.17, 15) is 0 Å². The van der Waals surface area contributed by atoms with Crippen LogP contribution in [0.2, 0.25) is 62.5 Å². The fourth-order valence-electron chi connectivity index (χ4n) is 6.99. The van der Waals surface area contributed by atoms with Crippen molar-refractivity contribution in [1.82, 2.24) is 0 Å². The Labute approximate surface area is 171 Å². The molecule has 152 valence electrons. The second-order valence-electron chi connectivity index (χ2n) is 13.5. The molecule has 0 radical (unpaired) electrons. The second-order valence-corrected chi connectivity index (χ2v) is 28.7. The molecule has 0 heterocycles. The third-order valence-corrected chi connectivity index (χ3v) is 19.4. The maximum absolute atomic E-state index is 7.30. The maximum atomic E-state index is 7.30. The van der Waals surface area contributed by atoms with E-state index in [4.69, 9.17) is 4.43 Å². The summed E-state index contributed by atoms with van der Waals surface area (Å²) in [6.07, 6.45) is 8.48. The Bertz CT molecular complexity index is 715. The molecule has 0 aromatic heterocycles. The van der Waals surface area contributed by atoms with Gasteiger partial charge in [0.1, 0.15) is 0 Å². The average molecular weight is 419 g/mol. The smallest absolute Gasteiger partial charge is 0.192 e. The molecule has 0 aromatic rings. The predicted octanol–water partition coefficient (Wildman–Crippen LogP) is 6.95. The van der Waals surface area contributed by atoms with Gasteiger partial charge < -0.3 is 4.43 Å². The number of hydrogen-bond acceptors (Lipinski definition) is 1. The topological polar surface area (TPSA) is 9.23 Å². The molecule has 1 nitrogen and oxygen atoms in total. The van der Waals surface area contributed by atoms with Gasteiger partial charge in [-0.2, -0.15) is 0 Å². The van der Waals surface area contributed by atoms with Crippen LogP contribution in [0.3, 0.4) is 0 Å². The lowest BCUT2D eigenvalue weighted by atomic mass is 9.86. The van der Waals surface area contributed by atoms with Crippen molar-refractivity contribution in [1.29, 1.82) is 0 Å². The average Bonchev–Trinajstić information content (AvgIpc) is 2.88. The summed E-state index contributed by atoms with van der Waals surface area (Å²) in [5, 5.41) is 2.76. The monoisotopic (exact) mass is 418 g/mol. The fraction of sp³-hybridized carbons (Fsp3) is 0.826. The lowest BCUT2D eigenvalue weighted by Crippen LogP contribution is -2.47. The molecular weight excluding hydrogens is 377 g/mol. The Morgan fingerprint density at radius 2 is 1.52 bits per heavy atom. The van der Waals surface area contributed by atoms with Gasteiger partial charge in [0.05, 0.1) is 22.3 Å². The van der Waals surface area contributed by atoms with Gasteiger partial charge >= 0.3 is 0 Å². The minimum Gasteiger partial charge on any atom is -0.413 e. The highest BCUT2D eigenvalue weighted by Crippen LogP contribution is 2.87. The normalized spacial score (nSPS) is 43.0. The van der Waals surface area contributed by atoms with E-state index in [0.29, 0.717) is 22.1 Å². The van der Waals surface area contributed by atoms with Gasteiger partial charge in [0.15, 0.2) is 8.32 Å². The standard InChI is InChI=1S/C23H42OSi3/c1-22(2,3)27(10,11)24-21-18-15-12-13-16-19(21)23(16,26(7,8)9)20(18)17(14-15)25(4,5)6/h12-16,18-21H,1-11H3/t15?,16?,18?,19?,20?,21-,23?/m1/s1. The van der Waals surface area contributed by atoms with E-state index in [0.717, 1.165) is 23.7 Å². The maximum Gasteiger partial charge on any atom is 0.192 e. The Hall–Kier alpha value is 0.0906. The van der Waals surface area contributed by atoms with Gasteiger partial charge in [-0.25, -0.2) is 0 Å². The molecule has 6 unspecified atom stereocenters. The molecule has 4 heteroatoms. The molecule has 5 aliphatic carbocycles. The van der Waals surface area contributed by atoms with E-state index in [1.165, 1.54) is 0 Å². The van der Waals surface area contributed by atoms with Crippen molar-refractivity contribution in [3.8, 4) is 0 Å². The second kappa shape index (κ2) is 5.41. The van der Waals surface area contributed by atoms with Crippen molar-refractivity contribution in [2.75, 3.05) is 0 Å². The van der Waals surface area contributed by atoms with Gasteiger partial charge in [-0.1, -0.05) is 83.5 Å². The summed E-state index contributed by atoms with van der Waals surface area (Å²) >= 11 is 0. The van der Waals surface area contributed by atoms with Gasteiger partial charge in [0.25, 0.3) is 0 Å². The van der Waals surface area contributed by atoms with Crippen LogP contribution in [-0.4, -0.2) is 30.6 Å². The summed E-state index contributed by atoms with van der Waals surface area (Å²) in [6.45, 7) is 27.8. The Morgan fingerprint density at radius 1 is 0.926 bits per heavy atom. The van der Waals surface area contributed by atoms with Crippen LogP contribution in [0.4, 0.5) is 0 Å². The van der Waals surface area contributed by atoms with Crippen molar-refractivity contribution in [2.24, 2.45) is 29.6 Å². The summed E-state index contributed by atoms with van der Waals surface area (Å²) in [7, 11) is -4.40. The van der Waals surface area contributed by atoms with Crippen LogP contribution in [0.1, 0.15) is 20.8 Å². The third kappa shape index (κ3) is 2.48. The quantitative estimate of drug-likeness (QED) is 0.354. The summed E-state index contributed by atoms with van der Waals surface area (Å²) in [4.78, 5) is 0. The molecule has 5 rings (SSSR count). The molecule has 7 atom stereocenters. The van der Waals surface area contributed by atoms with Gasteiger partial charge in [-0.3, -0.25) is 0 Å². The predicted molar refractivity (Wildman–Crippen MR) is 126 cm³/mol. The Kier molecular flexibility index (Phi) is 4.08. The van der Waals surface area contributed by atoms with E-state index >= 15 is 0 Å². The molecule has 5 aliphatic rings. The van der Waals surface area contributed by atoms with Crippen molar-refractivity contribution in [3.05, 3.63) is 23.4 Å². The van der Waals surface area contributed by atoms with E-state index in [2.05, 4.69) is 91.4 Å². The lowest BCUT2D eigenvalue weighted by Gasteiger charge is -2.42. The first-order chi connectivity index (χ1) is 12.0. The summed E-state index contributed by atoms with van der Waals surface area (Å²) in [6, 6.07) is 0. The Morgan fingerprint density at radius 3 is 2.00 bits per heavy atom. The number of hydrogen-bond donors (Lipinski definition) is 0. The zero-order chi connectivity index (χ0) is 20.4. The Balaban J connectivity index is 1.82. The molecule has 0 amide bonds. The number of rotatable bonds is 4. The van der Waals surface area contributed by atoms with E-state index in [-0.39, 0.29) is 0 Å².